The average molecular weight is 340 g/mol. The molecule has 132 valence electrons. The van der Waals surface area contributed by atoms with Gasteiger partial charge in [-0.25, -0.2) is 0 Å². The van der Waals surface area contributed by atoms with Crippen molar-refractivity contribution in [3.8, 4) is 23.0 Å². The van der Waals surface area contributed by atoms with Crippen molar-refractivity contribution in [3.05, 3.63) is 47.0 Å². The van der Waals surface area contributed by atoms with E-state index in [2.05, 4.69) is 38.1 Å². The summed E-state index contributed by atoms with van der Waals surface area (Å²) in [5.41, 5.74) is 3.92. The van der Waals surface area contributed by atoms with Crippen molar-refractivity contribution in [2.24, 2.45) is 11.8 Å². The van der Waals surface area contributed by atoms with E-state index in [0.29, 0.717) is 24.5 Å². The molecule has 0 fully saturated rings. The molecule has 1 heterocycles. The molecule has 0 N–H and O–H groups in total. The quantitative estimate of drug-likeness (QED) is 0.830. The van der Waals surface area contributed by atoms with Gasteiger partial charge < -0.3 is 18.9 Å². The molecule has 2 aromatic carbocycles. The number of methoxy groups -OCH3 is 2. The first-order chi connectivity index (χ1) is 12.1. The monoisotopic (exact) mass is 340 g/mol. The van der Waals surface area contributed by atoms with E-state index in [4.69, 9.17) is 18.9 Å². The third kappa shape index (κ3) is 2.60. The van der Waals surface area contributed by atoms with Crippen molar-refractivity contribution in [1.82, 2.24) is 0 Å². The summed E-state index contributed by atoms with van der Waals surface area (Å²) in [5.74, 6) is 4.65. The fraction of sp³-hybridized carbons (Fsp3) is 0.429. The largest absolute Gasteiger partial charge is 0.493 e. The fourth-order valence-corrected chi connectivity index (χ4v) is 4.14. The highest BCUT2D eigenvalue weighted by molar-refractivity contribution is 5.54. The van der Waals surface area contributed by atoms with Crippen LogP contribution in [0, 0.1) is 11.8 Å². The van der Waals surface area contributed by atoms with Crippen molar-refractivity contribution in [2.75, 3.05) is 21.0 Å². The van der Waals surface area contributed by atoms with E-state index >= 15 is 0 Å². The molecule has 0 aromatic heterocycles. The summed E-state index contributed by atoms with van der Waals surface area (Å²) >= 11 is 0. The molecule has 0 spiro atoms. The standard InChI is InChI=1S/C21H24O4/c1-12-7-15-9-18(22-3)19(23-4)10-16(15)21(13(12)2)14-5-6-17-20(8-14)25-11-24-17/h5-6,8-10,12-13,21H,7,11H2,1-4H3/t12-,13+,21+/m1/s1. The van der Waals surface area contributed by atoms with Gasteiger partial charge in [-0.3, -0.25) is 0 Å². The first-order valence-electron chi connectivity index (χ1n) is 8.76. The predicted octanol–water partition coefficient (Wildman–Crippen LogP) is 4.39. The minimum absolute atomic E-state index is 0.299. The zero-order valence-electron chi connectivity index (χ0n) is 15.2. The Kier molecular flexibility index (Phi) is 3.98. The average Bonchev–Trinajstić information content (AvgIpc) is 3.09. The second-order valence-electron chi connectivity index (χ2n) is 7.04. The SMILES string of the molecule is COc1cc2c(cc1OC)[C@H](c1ccc3c(c1)OCO3)[C@@H](C)[C@H](C)C2. The van der Waals surface area contributed by atoms with Gasteiger partial charge in [-0.2, -0.15) is 0 Å². The van der Waals surface area contributed by atoms with Gasteiger partial charge in [0.05, 0.1) is 14.2 Å². The van der Waals surface area contributed by atoms with E-state index in [0.717, 1.165) is 29.4 Å². The maximum Gasteiger partial charge on any atom is 0.231 e. The van der Waals surface area contributed by atoms with Gasteiger partial charge in [0.1, 0.15) is 0 Å². The zero-order valence-corrected chi connectivity index (χ0v) is 15.2. The number of fused-ring (bicyclic) bond motifs is 2. The van der Waals surface area contributed by atoms with Crippen LogP contribution >= 0.6 is 0 Å². The molecule has 1 aliphatic carbocycles. The molecular formula is C21H24O4. The Morgan fingerprint density at radius 1 is 0.920 bits per heavy atom. The number of hydrogen-bond donors (Lipinski definition) is 0. The second kappa shape index (κ2) is 6.17. The van der Waals surface area contributed by atoms with Gasteiger partial charge in [0.2, 0.25) is 6.79 Å². The van der Waals surface area contributed by atoms with Crippen LogP contribution in [0.3, 0.4) is 0 Å². The van der Waals surface area contributed by atoms with Gasteiger partial charge in [0, 0.05) is 5.92 Å². The first-order valence-corrected chi connectivity index (χ1v) is 8.76. The Balaban J connectivity index is 1.85. The van der Waals surface area contributed by atoms with Crippen molar-refractivity contribution in [3.63, 3.8) is 0 Å². The molecule has 0 unspecified atom stereocenters. The van der Waals surface area contributed by atoms with E-state index in [-0.39, 0.29) is 0 Å². The molecule has 0 saturated carbocycles. The van der Waals surface area contributed by atoms with Crippen LogP contribution in [0.2, 0.25) is 0 Å². The fourth-order valence-electron chi connectivity index (χ4n) is 4.14. The lowest BCUT2D eigenvalue weighted by Crippen LogP contribution is -2.27. The smallest absolute Gasteiger partial charge is 0.231 e. The lowest BCUT2D eigenvalue weighted by Gasteiger charge is -2.37. The minimum atomic E-state index is 0.299. The van der Waals surface area contributed by atoms with Crippen molar-refractivity contribution in [1.29, 1.82) is 0 Å². The van der Waals surface area contributed by atoms with Crippen molar-refractivity contribution >= 4 is 0 Å². The van der Waals surface area contributed by atoms with E-state index < -0.39 is 0 Å². The van der Waals surface area contributed by atoms with E-state index in [1.54, 1.807) is 14.2 Å². The van der Waals surface area contributed by atoms with Crippen LogP contribution in [-0.4, -0.2) is 21.0 Å². The summed E-state index contributed by atoms with van der Waals surface area (Å²) in [6, 6.07) is 10.6. The van der Waals surface area contributed by atoms with Crippen molar-refractivity contribution in [2.45, 2.75) is 26.2 Å². The minimum Gasteiger partial charge on any atom is -0.493 e. The van der Waals surface area contributed by atoms with Gasteiger partial charge >= 0.3 is 0 Å². The molecule has 4 heteroatoms. The molecule has 25 heavy (non-hydrogen) atoms. The first kappa shape index (κ1) is 16.1. The van der Waals surface area contributed by atoms with Crippen LogP contribution in [0.1, 0.15) is 36.5 Å². The summed E-state index contributed by atoms with van der Waals surface area (Å²) in [6.07, 6.45) is 1.05. The normalized spacial score (nSPS) is 23.9. The Morgan fingerprint density at radius 2 is 1.64 bits per heavy atom. The van der Waals surface area contributed by atoms with E-state index in [9.17, 15) is 0 Å². The molecule has 2 aromatic rings. The molecule has 0 radical (unpaired) electrons. The molecule has 4 nitrogen and oxygen atoms in total. The summed E-state index contributed by atoms with van der Waals surface area (Å²) in [4.78, 5) is 0. The molecule has 4 rings (SSSR count). The maximum absolute atomic E-state index is 5.59. The molecule has 0 saturated heterocycles. The third-order valence-corrected chi connectivity index (χ3v) is 5.70. The Hall–Kier alpha value is -2.36. The lowest BCUT2D eigenvalue weighted by molar-refractivity contribution is 0.174. The highest BCUT2D eigenvalue weighted by Crippen LogP contribution is 2.48. The van der Waals surface area contributed by atoms with Gasteiger partial charge in [-0.05, 0) is 59.2 Å². The van der Waals surface area contributed by atoms with Crippen LogP contribution < -0.4 is 18.9 Å². The molecular weight excluding hydrogens is 316 g/mol. The Morgan fingerprint density at radius 3 is 2.40 bits per heavy atom. The highest BCUT2D eigenvalue weighted by atomic mass is 16.7. The van der Waals surface area contributed by atoms with Crippen LogP contribution in [0.15, 0.2) is 30.3 Å². The summed E-state index contributed by atoms with van der Waals surface area (Å²) in [6.45, 7) is 4.96. The number of ether oxygens (including phenoxy) is 4. The molecule has 1 aliphatic heterocycles. The van der Waals surface area contributed by atoms with Crippen LogP contribution in [0.5, 0.6) is 23.0 Å². The molecule has 0 bridgehead atoms. The summed E-state index contributed by atoms with van der Waals surface area (Å²) < 4.78 is 22.1. The Labute approximate surface area is 148 Å². The van der Waals surface area contributed by atoms with Gasteiger partial charge in [0.15, 0.2) is 23.0 Å². The van der Waals surface area contributed by atoms with Crippen LogP contribution in [0.4, 0.5) is 0 Å². The zero-order chi connectivity index (χ0) is 17.6. The number of benzene rings is 2. The molecule has 2 aliphatic rings. The Bertz CT molecular complexity index is 799. The molecule has 0 amide bonds. The van der Waals surface area contributed by atoms with E-state index in [1.165, 1.54) is 16.7 Å². The third-order valence-electron chi connectivity index (χ3n) is 5.70. The number of hydrogen-bond acceptors (Lipinski definition) is 4. The number of rotatable bonds is 3. The summed E-state index contributed by atoms with van der Waals surface area (Å²) in [7, 11) is 3.38. The maximum atomic E-state index is 5.59. The lowest BCUT2D eigenvalue weighted by atomic mass is 9.68. The van der Waals surface area contributed by atoms with Gasteiger partial charge in [-0.15, -0.1) is 0 Å². The van der Waals surface area contributed by atoms with Gasteiger partial charge in [-0.1, -0.05) is 19.9 Å². The predicted molar refractivity (Wildman–Crippen MR) is 96.0 cm³/mol. The summed E-state index contributed by atoms with van der Waals surface area (Å²) in [5, 5.41) is 0. The van der Waals surface area contributed by atoms with Crippen LogP contribution in [0.25, 0.3) is 0 Å². The van der Waals surface area contributed by atoms with E-state index in [1.807, 2.05) is 6.07 Å². The second-order valence-corrected chi connectivity index (χ2v) is 7.04. The van der Waals surface area contributed by atoms with Gasteiger partial charge in [0.25, 0.3) is 0 Å². The topological polar surface area (TPSA) is 36.9 Å². The molecule has 3 atom stereocenters. The van der Waals surface area contributed by atoms with Crippen molar-refractivity contribution < 1.29 is 18.9 Å². The highest BCUT2D eigenvalue weighted by Gasteiger charge is 2.34. The van der Waals surface area contributed by atoms with Crippen LogP contribution in [-0.2, 0) is 6.42 Å².